The third-order valence-corrected chi connectivity index (χ3v) is 4.07. The fourth-order valence-electron chi connectivity index (χ4n) is 3.37. The minimum absolute atomic E-state index is 0.266. The molecular formula is C10H18N2. The summed E-state index contributed by atoms with van der Waals surface area (Å²) in [5.41, 5.74) is 1.86. The maximum Gasteiger partial charge on any atom is 0.0493 e. The Morgan fingerprint density at radius 2 is 2.08 bits per heavy atom. The van der Waals surface area contributed by atoms with Gasteiger partial charge < -0.3 is 5.84 Å². The lowest BCUT2D eigenvalue weighted by Gasteiger charge is -2.34. The molecule has 2 atom stereocenters. The molecular weight excluding hydrogens is 148 g/mol. The average Bonchev–Trinajstić information content (AvgIpc) is 2.39. The topological polar surface area (TPSA) is 38.4 Å². The first-order valence-electron chi connectivity index (χ1n) is 4.79. The van der Waals surface area contributed by atoms with Crippen LogP contribution in [-0.4, -0.2) is 5.71 Å². The largest absolute Gasteiger partial charge is 0.323 e. The molecule has 0 aromatic rings. The zero-order valence-electron chi connectivity index (χ0n) is 8.22. The number of nitrogens with zero attached hydrogens (tertiary/aromatic N) is 1. The van der Waals surface area contributed by atoms with Crippen LogP contribution in [0.15, 0.2) is 5.10 Å². The second kappa shape index (κ2) is 2.04. The summed E-state index contributed by atoms with van der Waals surface area (Å²) in [4.78, 5) is 0. The molecule has 0 radical (unpaired) electrons. The van der Waals surface area contributed by atoms with Crippen LogP contribution in [-0.2, 0) is 0 Å². The van der Waals surface area contributed by atoms with Crippen molar-refractivity contribution in [3.8, 4) is 0 Å². The molecule has 2 nitrogen and oxygen atoms in total. The van der Waals surface area contributed by atoms with Crippen molar-refractivity contribution in [1.29, 1.82) is 0 Å². The van der Waals surface area contributed by atoms with Crippen LogP contribution >= 0.6 is 0 Å². The Hall–Kier alpha value is -0.530. The summed E-state index contributed by atoms with van der Waals surface area (Å²) >= 11 is 0. The van der Waals surface area contributed by atoms with E-state index < -0.39 is 0 Å². The quantitative estimate of drug-likeness (QED) is 0.434. The second-order valence-corrected chi connectivity index (χ2v) is 5.20. The SMILES string of the molecule is CC12CCC(C1)C(C)(C)C2=NN. The Labute approximate surface area is 74.2 Å². The Bertz CT molecular complexity index is 235. The molecule has 68 valence electrons. The standard InChI is InChI=1S/C10H18N2/c1-9(2)7-4-5-10(3,6-7)8(9)12-11/h7H,4-6,11H2,1-3H3. The molecule has 0 aromatic heterocycles. The first-order valence-corrected chi connectivity index (χ1v) is 4.79. The van der Waals surface area contributed by atoms with Gasteiger partial charge in [0.05, 0.1) is 0 Å². The first kappa shape index (κ1) is 8.09. The van der Waals surface area contributed by atoms with E-state index in [2.05, 4.69) is 25.9 Å². The van der Waals surface area contributed by atoms with Crippen LogP contribution in [0.2, 0.25) is 0 Å². The summed E-state index contributed by atoms with van der Waals surface area (Å²) in [6.07, 6.45) is 3.95. The molecule has 0 saturated heterocycles. The summed E-state index contributed by atoms with van der Waals surface area (Å²) in [5, 5.41) is 4.01. The van der Waals surface area contributed by atoms with E-state index >= 15 is 0 Å². The number of fused-ring (bicyclic) bond motifs is 2. The molecule has 12 heavy (non-hydrogen) atoms. The summed E-state index contributed by atoms with van der Waals surface area (Å²) in [5.74, 6) is 6.29. The molecule has 0 spiro atoms. The number of hydrazone groups is 1. The number of hydrogen-bond donors (Lipinski definition) is 1. The van der Waals surface area contributed by atoms with Crippen molar-refractivity contribution in [3.05, 3.63) is 0 Å². The highest BCUT2D eigenvalue weighted by Gasteiger charge is 2.57. The van der Waals surface area contributed by atoms with Crippen LogP contribution in [0.5, 0.6) is 0 Å². The fraction of sp³-hybridized carbons (Fsp3) is 0.900. The molecule has 2 saturated carbocycles. The van der Waals surface area contributed by atoms with E-state index in [9.17, 15) is 0 Å². The second-order valence-electron chi connectivity index (χ2n) is 5.20. The van der Waals surface area contributed by atoms with Crippen molar-refractivity contribution < 1.29 is 0 Å². The van der Waals surface area contributed by atoms with Gasteiger partial charge in [-0.05, 0) is 25.2 Å². The van der Waals surface area contributed by atoms with Gasteiger partial charge in [-0.2, -0.15) is 5.10 Å². The third kappa shape index (κ3) is 0.732. The lowest BCUT2D eigenvalue weighted by Crippen LogP contribution is -2.36. The van der Waals surface area contributed by atoms with Gasteiger partial charge in [0.15, 0.2) is 0 Å². The van der Waals surface area contributed by atoms with Gasteiger partial charge in [0.1, 0.15) is 0 Å². The van der Waals surface area contributed by atoms with Crippen molar-refractivity contribution in [2.24, 2.45) is 27.7 Å². The van der Waals surface area contributed by atoms with E-state index in [1.54, 1.807) is 0 Å². The van der Waals surface area contributed by atoms with E-state index in [0.717, 1.165) is 5.92 Å². The van der Waals surface area contributed by atoms with Gasteiger partial charge >= 0.3 is 0 Å². The third-order valence-electron chi connectivity index (χ3n) is 4.07. The van der Waals surface area contributed by atoms with Crippen molar-refractivity contribution >= 4 is 5.71 Å². The lowest BCUT2D eigenvalue weighted by molar-refractivity contribution is 0.332. The van der Waals surface area contributed by atoms with Gasteiger partial charge in [0, 0.05) is 16.5 Å². The van der Waals surface area contributed by atoms with E-state index in [4.69, 9.17) is 5.84 Å². The zero-order chi connectivity index (χ0) is 8.98. The molecule has 0 aliphatic heterocycles. The van der Waals surface area contributed by atoms with Gasteiger partial charge in [0.25, 0.3) is 0 Å². The molecule has 2 fully saturated rings. The first-order chi connectivity index (χ1) is 5.50. The maximum atomic E-state index is 5.47. The molecule has 2 bridgehead atoms. The summed E-state index contributed by atoms with van der Waals surface area (Å²) in [7, 11) is 0. The van der Waals surface area contributed by atoms with Gasteiger partial charge in [-0.25, -0.2) is 0 Å². The number of hydrogen-bond acceptors (Lipinski definition) is 2. The van der Waals surface area contributed by atoms with Crippen LogP contribution in [0.25, 0.3) is 0 Å². The van der Waals surface area contributed by atoms with Gasteiger partial charge in [-0.1, -0.05) is 20.8 Å². The Kier molecular flexibility index (Phi) is 1.37. The molecule has 0 amide bonds. The Morgan fingerprint density at radius 3 is 2.42 bits per heavy atom. The highest BCUT2D eigenvalue weighted by molar-refractivity contribution is 5.97. The van der Waals surface area contributed by atoms with Crippen molar-refractivity contribution in [2.45, 2.75) is 40.0 Å². The molecule has 0 aromatic carbocycles. The normalized spacial score (nSPS) is 47.2. The highest BCUT2D eigenvalue weighted by atomic mass is 15.1. The Balaban J connectivity index is 2.45. The van der Waals surface area contributed by atoms with E-state index in [1.807, 2.05) is 0 Å². The van der Waals surface area contributed by atoms with Crippen LogP contribution in [0.4, 0.5) is 0 Å². The summed E-state index contributed by atoms with van der Waals surface area (Å²) < 4.78 is 0. The van der Waals surface area contributed by atoms with Gasteiger partial charge in [0.2, 0.25) is 0 Å². The van der Waals surface area contributed by atoms with Crippen LogP contribution in [0.1, 0.15) is 40.0 Å². The summed E-state index contributed by atoms with van der Waals surface area (Å²) in [6, 6.07) is 0. The van der Waals surface area contributed by atoms with Gasteiger partial charge in [-0.3, -0.25) is 0 Å². The number of rotatable bonds is 0. The minimum atomic E-state index is 0.266. The zero-order valence-corrected chi connectivity index (χ0v) is 8.22. The predicted molar refractivity (Wildman–Crippen MR) is 50.9 cm³/mol. The van der Waals surface area contributed by atoms with E-state index in [-0.39, 0.29) is 5.41 Å². The van der Waals surface area contributed by atoms with Crippen molar-refractivity contribution in [3.63, 3.8) is 0 Å². The van der Waals surface area contributed by atoms with Crippen molar-refractivity contribution in [2.75, 3.05) is 0 Å². The Morgan fingerprint density at radius 1 is 1.42 bits per heavy atom. The summed E-state index contributed by atoms with van der Waals surface area (Å²) in [6.45, 7) is 6.88. The highest BCUT2D eigenvalue weighted by Crippen LogP contribution is 2.60. The van der Waals surface area contributed by atoms with Crippen molar-refractivity contribution in [1.82, 2.24) is 0 Å². The molecule has 2 aliphatic rings. The smallest absolute Gasteiger partial charge is 0.0493 e. The number of nitrogens with two attached hydrogens (primary N) is 1. The average molecular weight is 166 g/mol. The molecule has 2 N–H and O–H groups in total. The molecule has 2 unspecified atom stereocenters. The lowest BCUT2D eigenvalue weighted by atomic mass is 9.71. The predicted octanol–water partition coefficient (Wildman–Crippen LogP) is 2.15. The molecule has 2 heteroatoms. The monoisotopic (exact) mass is 166 g/mol. The van der Waals surface area contributed by atoms with Gasteiger partial charge in [-0.15, -0.1) is 0 Å². The maximum absolute atomic E-state index is 5.47. The van der Waals surface area contributed by atoms with E-state index in [0.29, 0.717) is 5.41 Å². The fourth-order valence-corrected chi connectivity index (χ4v) is 3.37. The van der Waals surface area contributed by atoms with Crippen LogP contribution in [0, 0.1) is 16.7 Å². The molecule has 0 heterocycles. The molecule has 2 rings (SSSR count). The minimum Gasteiger partial charge on any atom is -0.323 e. The van der Waals surface area contributed by atoms with Crippen LogP contribution < -0.4 is 5.84 Å². The van der Waals surface area contributed by atoms with E-state index in [1.165, 1.54) is 25.0 Å². The van der Waals surface area contributed by atoms with Crippen LogP contribution in [0.3, 0.4) is 0 Å². The molecule has 2 aliphatic carbocycles.